The van der Waals surface area contributed by atoms with Crippen LogP contribution < -0.4 is 10.2 Å². The van der Waals surface area contributed by atoms with Crippen LogP contribution in [-0.4, -0.2) is 41.5 Å². The Balaban J connectivity index is 1.69. The van der Waals surface area contributed by atoms with Crippen LogP contribution in [0.15, 0.2) is 30.5 Å². The van der Waals surface area contributed by atoms with Crippen molar-refractivity contribution in [2.75, 3.05) is 18.5 Å². The smallest absolute Gasteiger partial charge is 0.325 e. The molecular weight excluding hydrogens is 378 g/mol. The predicted molar refractivity (Wildman–Crippen MR) is 96.5 cm³/mol. The van der Waals surface area contributed by atoms with Gasteiger partial charge in [-0.2, -0.15) is 0 Å². The minimum Gasteiger partial charge on any atom is -0.350 e. The molecule has 1 N–H and O–H groups in total. The highest BCUT2D eigenvalue weighted by atomic mass is 35.5. The van der Waals surface area contributed by atoms with Gasteiger partial charge in [-0.3, -0.25) is 14.7 Å². The minimum absolute atomic E-state index is 0.0838. The molecule has 1 fully saturated rings. The van der Waals surface area contributed by atoms with Gasteiger partial charge in [0.15, 0.2) is 11.6 Å². The number of benzene rings is 1. The Morgan fingerprint density at radius 2 is 2.07 bits per heavy atom. The second kappa shape index (κ2) is 7.48. The van der Waals surface area contributed by atoms with Crippen LogP contribution in [0.5, 0.6) is 0 Å². The van der Waals surface area contributed by atoms with Crippen molar-refractivity contribution in [3.63, 3.8) is 0 Å². The molecule has 0 aliphatic carbocycles. The number of halogens is 3. The monoisotopic (exact) mass is 394 g/mol. The zero-order valence-corrected chi connectivity index (χ0v) is 15.4. The Kier molecular flexibility index (Phi) is 5.27. The zero-order chi connectivity index (χ0) is 19.7. The van der Waals surface area contributed by atoms with Gasteiger partial charge in [0.1, 0.15) is 6.04 Å². The zero-order valence-electron chi connectivity index (χ0n) is 14.7. The van der Waals surface area contributed by atoms with E-state index in [0.29, 0.717) is 5.69 Å². The Labute approximate surface area is 159 Å². The van der Waals surface area contributed by atoms with Crippen LogP contribution in [0.3, 0.4) is 0 Å². The first-order valence-corrected chi connectivity index (χ1v) is 8.54. The summed E-state index contributed by atoms with van der Waals surface area (Å²) < 4.78 is 26.6. The van der Waals surface area contributed by atoms with Crippen LogP contribution in [0, 0.1) is 18.6 Å². The van der Waals surface area contributed by atoms with Gasteiger partial charge in [0, 0.05) is 19.3 Å². The molecule has 0 radical (unpaired) electrons. The van der Waals surface area contributed by atoms with E-state index in [4.69, 9.17) is 11.6 Å². The van der Waals surface area contributed by atoms with Crippen molar-refractivity contribution in [2.45, 2.75) is 19.5 Å². The molecule has 1 unspecified atom stereocenters. The van der Waals surface area contributed by atoms with Crippen molar-refractivity contribution in [1.82, 2.24) is 15.2 Å². The molecule has 3 amide bonds. The highest BCUT2D eigenvalue weighted by Crippen LogP contribution is 2.24. The van der Waals surface area contributed by atoms with Crippen molar-refractivity contribution >= 4 is 29.2 Å². The van der Waals surface area contributed by atoms with Gasteiger partial charge >= 0.3 is 6.03 Å². The van der Waals surface area contributed by atoms with E-state index in [1.165, 1.54) is 22.9 Å². The molecule has 27 heavy (non-hydrogen) atoms. The lowest BCUT2D eigenvalue weighted by atomic mass is 10.2. The van der Waals surface area contributed by atoms with Gasteiger partial charge in [0.2, 0.25) is 5.91 Å². The van der Waals surface area contributed by atoms with Crippen LogP contribution in [0.1, 0.15) is 11.3 Å². The van der Waals surface area contributed by atoms with Gasteiger partial charge in [-0.15, -0.1) is 0 Å². The van der Waals surface area contributed by atoms with Gasteiger partial charge in [0.25, 0.3) is 0 Å². The number of hydrogen-bond acceptors (Lipinski definition) is 3. The summed E-state index contributed by atoms with van der Waals surface area (Å²) in [5.41, 5.74) is 1.66. The fourth-order valence-electron chi connectivity index (χ4n) is 2.79. The quantitative estimate of drug-likeness (QED) is 0.811. The van der Waals surface area contributed by atoms with Crippen LogP contribution in [-0.2, 0) is 11.3 Å². The summed E-state index contributed by atoms with van der Waals surface area (Å²) in [6, 6.07) is 4.72. The summed E-state index contributed by atoms with van der Waals surface area (Å²) in [5.74, 6) is -2.64. The van der Waals surface area contributed by atoms with E-state index in [2.05, 4.69) is 10.3 Å². The molecule has 1 aromatic carbocycles. The van der Waals surface area contributed by atoms with Crippen molar-refractivity contribution in [3.8, 4) is 0 Å². The highest BCUT2D eigenvalue weighted by molar-refractivity contribution is 6.31. The Morgan fingerprint density at radius 3 is 2.74 bits per heavy atom. The number of urea groups is 1. The number of pyridine rings is 1. The number of rotatable bonds is 4. The van der Waals surface area contributed by atoms with Crippen LogP contribution >= 0.6 is 11.6 Å². The highest BCUT2D eigenvalue weighted by Gasteiger charge is 2.39. The summed E-state index contributed by atoms with van der Waals surface area (Å²) in [7, 11) is 1.53. The largest absolute Gasteiger partial charge is 0.350 e. The summed E-state index contributed by atoms with van der Waals surface area (Å²) in [6.45, 7) is 1.90. The van der Waals surface area contributed by atoms with Crippen molar-refractivity contribution in [1.29, 1.82) is 0 Å². The maximum Gasteiger partial charge on any atom is 0.325 e. The molecule has 0 bridgehead atoms. The van der Waals surface area contributed by atoms with Gasteiger partial charge in [-0.05, 0) is 30.7 Å². The molecule has 142 valence electrons. The van der Waals surface area contributed by atoms with E-state index in [1.807, 2.05) is 6.92 Å². The minimum atomic E-state index is -1.16. The van der Waals surface area contributed by atoms with E-state index >= 15 is 0 Å². The van der Waals surface area contributed by atoms with Gasteiger partial charge < -0.3 is 10.2 Å². The number of aromatic nitrogens is 1. The topological polar surface area (TPSA) is 65.5 Å². The number of likely N-dealkylation sites (N-methyl/N-ethyl adjacent to an activating group) is 1. The molecule has 0 saturated carbocycles. The molecule has 1 saturated heterocycles. The van der Waals surface area contributed by atoms with Crippen LogP contribution in [0.2, 0.25) is 5.02 Å². The first kappa shape index (κ1) is 19.0. The molecule has 6 nitrogen and oxygen atoms in total. The van der Waals surface area contributed by atoms with Gasteiger partial charge in [-0.25, -0.2) is 13.6 Å². The average molecular weight is 395 g/mol. The molecule has 9 heteroatoms. The van der Waals surface area contributed by atoms with Gasteiger partial charge in [0.05, 0.1) is 23.5 Å². The summed E-state index contributed by atoms with van der Waals surface area (Å²) >= 11 is 5.76. The van der Waals surface area contributed by atoms with E-state index in [-0.39, 0.29) is 29.7 Å². The van der Waals surface area contributed by atoms with Crippen LogP contribution in [0.25, 0.3) is 0 Å². The summed E-state index contributed by atoms with van der Waals surface area (Å²) in [6.07, 6.45) is 1.57. The molecular formula is C18H17ClF2N4O2. The number of amides is 3. The number of hydrogen-bond donors (Lipinski definition) is 1. The standard InChI is InChI=1S/C18H17ClF2N4O2/c1-10-3-5-12(8-22-10)25-9-14(24(2)18(25)27)17(26)23-7-11-4-6-13(20)16(21)15(11)19/h3-6,8,14H,7,9H2,1-2H3,(H,23,26). The van der Waals surface area contributed by atoms with E-state index in [9.17, 15) is 18.4 Å². The fraction of sp³-hybridized carbons (Fsp3) is 0.278. The van der Waals surface area contributed by atoms with E-state index in [0.717, 1.165) is 11.8 Å². The van der Waals surface area contributed by atoms with Crippen molar-refractivity contribution < 1.29 is 18.4 Å². The van der Waals surface area contributed by atoms with Crippen LogP contribution in [0.4, 0.5) is 19.3 Å². The molecule has 1 aliphatic heterocycles. The van der Waals surface area contributed by atoms with Crippen molar-refractivity contribution in [2.24, 2.45) is 0 Å². The average Bonchev–Trinajstić information content (AvgIpc) is 2.95. The number of carbonyl (C=O) groups excluding carboxylic acids is 2. The number of carbonyl (C=O) groups is 2. The van der Waals surface area contributed by atoms with Gasteiger partial charge in [-0.1, -0.05) is 17.7 Å². The molecule has 2 aromatic rings. The fourth-order valence-corrected chi connectivity index (χ4v) is 3.01. The molecule has 1 aromatic heterocycles. The second-order valence-corrected chi connectivity index (χ2v) is 6.61. The lowest BCUT2D eigenvalue weighted by Gasteiger charge is -2.17. The molecule has 0 spiro atoms. The van der Waals surface area contributed by atoms with E-state index in [1.54, 1.807) is 18.3 Å². The maximum absolute atomic E-state index is 13.5. The molecule has 2 heterocycles. The third-order valence-electron chi connectivity index (χ3n) is 4.43. The maximum atomic E-state index is 13.5. The number of nitrogens with one attached hydrogen (secondary N) is 1. The normalized spacial score (nSPS) is 16.8. The third kappa shape index (κ3) is 3.71. The lowest BCUT2D eigenvalue weighted by Crippen LogP contribution is -2.43. The summed E-state index contributed by atoms with van der Waals surface area (Å²) in [4.78, 5) is 31.9. The lowest BCUT2D eigenvalue weighted by molar-refractivity contribution is -0.124. The molecule has 3 rings (SSSR count). The Bertz CT molecular complexity index is 892. The van der Waals surface area contributed by atoms with E-state index < -0.39 is 23.6 Å². The number of nitrogens with zero attached hydrogens (tertiary/aromatic N) is 3. The molecule has 1 aliphatic rings. The third-order valence-corrected chi connectivity index (χ3v) is 4.84. The first-order chi connectivity index (χ1) is 12.8. The Hall–Kier alpha value is -2.74. The first-order valence-electron chi connectivity index (χ1n) is 8.16. The number of anilines is 1. The molecule has 1 atom stereocenters. The Morgan fingerprint density at radius 1 is 1.33 bits per heavy atom. The number of aryl methyl sites for hydroxylation is 1. The van der Waals surface area contributed by atoms with Crippen molar-refractivity contribution in [3.05, 3.63) is 58.4 Å². The SMILES string of the molecule is Cc1ccc(N2CC(C(=O)NCc3ccc(F)c(F)c3Cl)N(C)C2=O)cn1. The predicted octanol–water partition coefficient (Wildman–Crippen LogP) is 2.88. The second-order valence-electron chi connectivity index (χ2n) is 6.23. The summed E-state index contributed by atoms with van der Waals surface area (Å²) in [5, 5.41) is 2.24.